The molecule has 0 spiro atoms. The summed E-state index contributed by atoms with van der Waals surface area (Å²) in [6, 6.07) is 5.97. The highest BCUT2D eigenvalue weighted by Gasteiger charge is 2.21. The van der Waals surface area contributed by atoms with Crippen molar-refractivity contribution in [3.8, 4) is 0 Å². The second kappa shape index (κ2) is 7.27. The van der Waals surface area contributed by atoms with Gasteiger partial charge in [-0.3, -0.25) is 4.79 Å². The first-order valence-corrected chi connectivity index (χ1v) is 8.65. The fraction of sp³-hybridized carbons (Fsp3) is 0.353. The van der Waals surface area contributed by atoms with Gasteiger partial charge in [-0.05, 0) is 37.7 Å². The van der Waals surface area contributed by atoms with E-state index in [1.807, 2.05) is 30.0 Å². The van der Waals surface area contributed by atoms with Crippen LogP contribution in [0.15, 0.2) is 35.1 Å². The van der Waals surface area contributed by atoms with Crippen LogP contribution >= 0.6 is 15.9 Å². The van der Waals surface area contributed by atoms with Gasteiger partial charge in [-0.15, -0.1) is 0 Å². The Balaban J connectivity index is 1.68. The van der Waals surface area contributed by atoms with Gasteiger partial charge in [-0.1, -0.05) is 15.9 Å². The van der Waals surface area contributed by atoms with E-state index in [0.29, 0.717) is 11.5 Å². The number of carbonyl (C=O) groups is 1. The number of halogens is 1. The number of aromatic nitrogens is 2. The van der Waals surface area contributed by atoms with E-state index in [9.17, 15) is 4.79 Å². The lowest BCUT2D eigenvalue weighted by Gasteiger charge is -2.32. The average molecular weight is 390 g/mol. The lowest BCUT2D eigenvalue weighted by Crippen LogP contribution is -2.47. The van der Waals surface area contributed by atoms with Crippen LogP contribution < -0.4 is 5.32 Å². The van der Waals surface area contributed by atoms with Gasteiger partial charge < -0.3 is 15.1 Å². The number of hydrogen-bond acceptors (Lipinski definition) is 5. The maximum absolute atomic E-state index is 12.4. The van der Waals surface area contributed by atoms with Crippen LogP contribution in [0.4, 0.5) is 11.5 Å². The van der Waals surface area contributed by atoms with Crippen molar-refractivity contribution in [3.63, 3.8) is 0 Å². The lowest BCUT2D eigenvalue weighted by molar-refractivity contribution is 0.0658. The summed E-state index contributed by atoms with van der Waals surface area (Å²) in [7, 11) is 2.06. The van der Waals surface area contributed by atoms with E-state index in [4.69, 9.17) is 0 Å². The predicted molar refractivity (Wildman–Crippen MR) is 97.6 cm³/mol. The molecule has 0 bridgehead atoms. The fourth-order valence-electron chi connectivity index (χ4n) is 2.58. The Hall–Kier alpha value is -1.99. The van der Waals surface area contributed by atoms with E-state index in [0.717, 1.165) is 41.9 Å². The molecule has 1 N–H and O–H groups in total. The van der Waals surface area contributed by atoms with Gasteiger partial charge in [0.15, 0.2) is 0 Å². The van der Waals surface area contributed by atoms with Crippen LogP contribution in [0.5, 0.6) is 0 Å². The summed E-state index contributed by atoms with van der Waals surface area (Å²) in [5.74, 6) is 0.567. The number of benzene rings is 1. The SMILES string of the molecule is Cc1cc(Br)ccc1Nc1cnc(C(=O)N2CCN(C)CC2)cn1. The highest BCUT2D eigenvalue weighted by Crippen LogP contribution is 2.22. The number of carbonyl (C=O) groups excluding carboxylic acids is 1. The maximum Gasteiger partial charge on any atom is 0.274 e. The van der Waals surface area contributed by atoms with Crippen molar-refractivity contribution in [2.45, 2.75) is 6.92 Å². The van der Waals surface area contributed by atoms with Crippen molar-refractivity contribution in [2.75, 3.05) is 38.5 Å². The first kappa shape index (κ1) is 16.9. The highest BCUT2D eigenvalue weighted by molar-refractivity contribution is 9.10. The Morgan fingerprint density at radius 2 is 1.92 bits per heavy atom. The van der Waals surface area contributed by atoms with Gasteiger partial charge in [0.1, 0.15) is 11.5 Å². The minimum Gasteiger partial charge on any atom is -0.339 e. The molecule has 1 saturated heterocycles. The van der Waals surface area contributed by atoms with Gasteiger partial charge in [0, 0.05) is 36.3 Å². The van der Waals surface area contributed by atoms with Gasteiger partial charge in [0.05, 0.1) is 12.4 Å². The van der Waals surface area contributed by atoms with Crippen LogP contribution in [-0.4, -0.2) is 58.9 Å². The fourth-order valence-corrected chi connectivity index (χ4v) is 3.06. The highest BCUT2D eigenvalue weighted by atomic mass is 79.9. The van der Waals surface area contributed by atoms with Gasteiger partial charge in [-0.2, -0.15) is 0 Å². The number of amides is 1. The molecule has 2 aromatic rings. The third-order valence-electron chi connectivity index (χ3n) is 4.11. The summed E-state index contributed by atoms with van der Waals surface area (Å²) in [6.07, 6.45) is 3.14. The lowest BCUT2D eigenvalue weighted by atomic mass is 10.2. The summed E-state index contributed by atoms with van der Waals surface area (Å²) in [5.41, 5.74) is 2.45. The average Bonchev–Trinajstić information content (AvgIpc) is 2.58. The molecule has 1 fully saturated rings. The number of rotatable bonds is 3. The number of aryl methyl sites for hydroxylation is 1. The molecular formula is C17H20BrN5O. The molecule has 24 heavy (non-hydrogen) atoms. The first-order valence-electron chi connectivity index (χ1n) is 7.86. The third-order valence-corrected chi connectivity index (χ3v) is 4.61. The predicted octanol–water partition coefficient (Wildman–Crippen LogP) is 2.68. The molecule has 126 valence electrons. The van der Waals surface area contributed by atoms with E-state index in [1.54, 1.807) is 6.20 Å². The van der Waals surface area contributed by atoms with E-state index in [2.05, 4.69) is 43.2 Å². The van der Waals surface area contributed by atoms with Crippen molar-refractivity contribution >= 4 is 33.3 Å². The van der Waals surface area contributed by atoms with Crippen LogP contribution in [-0.2, 0) is 0 Å². The molecule has 0 radical (unpaired) electrons. The number of piperazine rings is 1. The van der Waals surface area contributed by atoms with Crippen LogP contribution in [0.25, 0.3) is 0 Å². The van der Waals surface area contributed by atoms with Crippen LogP contribution in [0.3, 0.4) is 0 Å². The molecule has 0 saturated carbocycles. The molecule has 1 amide bonds. The zero-order valence-corrected chi connectivity index (χ0v) is 15.4. The summed E-state index contributed by atoms with van der Waals surface area (Å²) >= 11 is 3.45. The zero-order chi connectivity index (χ0) is 17.1. The number of hydrogen-bond donors (Lipinski definition) is 1. The second-order valence-electron chi connectivity index (χ2n) is 5.97. The summed E-state index contributed by atoms with van der Waals surface area (Å²) in [6.45, 7) is 5.26. The van der Waals surface area contributed by atoms with Crippen molar-refractivity contribution in [3.05, 3.63) is 46.3 Å². The summed E-state index contributed by atoms with van der Waals surface area (Å²) in [4.78, 5) is 25.1. The molecule has 3 rings (SSSR count). The Labute approximate surface area is 150 Å². The summed E-state index contributed by atoms with van der Waals surface area (Å²) < 4.78 is 1.03. The van der Waals surface area contributed by atoms with Gasteiger partial charge in [0.2, 0.25) is 0 Å². The molecular weight excluding hydrogens is 370 g/mol. The third kappa shape index (κ3) is 3.91. The van der Waals surface area contributed by atoms with Crippen molar-refractivity contribution in [2.24, 2.45) is 0 Å². The van der Waals surface area contributed by atoms with Gasteiger partial charge in [0.25, 0.3) is 5.91 Å². The first-order chi connectivity index (χ1) is 11.5. The molecule has 1 aromatic carbocycles. The number of likely N-dealkylation sites (N-methyl/N-ethyl adjacent to an activating group) is 1. The Kier molecular flexibility index (Phi) is 5.11. The van der Waals surface area contributed by atoms with Crippen LogP contribution in [0, 0.1) is 6.92 Å². The Morgan fingerprint density at radius 3 is 2.54 bits per heavy atom. The maximum atomic E-state index is 12.4. The monoisotopic (exact) mass is 389 g/mol. The molecule has 6 nitrogen and oxygen atoms in total. The standard InChI is InChI=1S/C17H20BrN5O/c1-12-9-13(18)3-4-14(12)21-16-11-19-15(10-20-16)17(24)23-7-5-22(2)6-8-23/h3-4,9-11H,5-8H2,1-2H3,(H,20,21). The second-order valence-corrected chi connectivity index (χ2v) is 6.88. The van der Waals surface area contributed by atoms with Crippen molar-refractivity contribution in [1.82, 2.24) is 19.8 Å². The molecule has 1 aromatic heterocycles. The molecule has 2 heterocycles. The largest absolute Gasteiger partial charge is 0.339 e. The van der Waals surface area contributed by atoms with Crippen molar-refractivity contribution in [1.29, 1.82) is 0 Å². The number of nitrogens with zero attached hydrogens (tertiary/aromatic N) is 4. The molecule has 7 heteroatoms. The Morgan fingerprint density at radius 1 is 1.17 bits per heavy atom. The molecule has 1 aliphatic heterocycles. The van der Waals surface area contributed by atoms with Gasteiger partial charge >= 0.3 is 0 Å². The minimum atomic E-state index is -0.0537. The van der Waals surface area contributed by atoms with Crippen LogP contribution in [0.2, 0.25) is 0 Å². The van der Waals surface area contributed by atoms with Crippen LogP contribution in [0.1, 0.15) is 16.1 Å². The molecule has 0 atom stereocenters. The molecule has 1 aliphatic rings. The van der Waals surface area contributed by atoms with Gasteiger partial charge in [-0.25, -0.2) is 9.97 Å². The number of anilines is 2. The summed E-state index contributed by atoms with van der Waals surface area (Å²) in [5, 5.41) is 3.22. The molecule has 0 unspecified atom stereocenters. The normalized spacial score (nSPS) is 15.4. The quantitative estimate of drug-likeness (QED) is 0.873. The number of nitrogens with one attached hydrogen (secondary N) is 1. The van der Waals surface area contributed by atoms with E-state index < -0.39 is 0 Å². The Bertz CT molecular complexity index is 726. The topological polar surface area (TPSA) is 61.4 Å². The zero-order valence-electron chi connectivity index (χ0n) is 13.8. The van der Waals surface area contributed by atoms with E-state index in [1.165, 1.54) is 6.20 Å². The van der Waals surface area contributed by atoms with E-state index in [-0.39, 0.29) is 5.91 Å². The minimum absolute atomic E-state index is 0.0537. The van der Waals surface area contributed by atoms with E-state index >= 15 is 0 Å². The molecule has 0 aliphatic carbocycles. The smallest absolute Gasteiger partial charge is 0.274 e. The van der Waals surface area contributed by atoms with Crippen molar-refractivity contribution < 1.29 is 4.79 Å².